The topological polar surface area (TPSA) is 111 Å². The number of ether oxygens (including phenoxy) is 2. The zero-order chi connectivity index (χ0) is 11.9. The molecule has 7 nitrogen and oxygen atoms in total. The molecule has 0 aliphatic heterocycles. The van der Waals surface area contributed by atoms with Crippen LogP contribution < -0.4 is 9.79 Å². The Morgan fingerprint density at radius 1 is 1.27 bits per heavy atom. The maximum absolute atomic E-state index is 10.1. The molecule has 15 heavy (non-hydrogen) atoms. The fourth-order valence-electron chi connectivity index (χ4n) is 0.845. The Morgan fingerprint density at radius 3 is 2.07 bits per heavy atom. The van der Waals surface area contributed by atoms with Crippen LogP contribution in [0.1, 0.15) is 13.8 Å². The highest BCUT2D eigenvalue weighted by Gasteiger charge is 2.20. The second-order valence-electron chi connectivity index (χ2n) is 2.59. The molecule has 0 aromatic carbocycles. The number of aliphatic hydroxyl groups excluding tert-OH is 1. The number of hydrogen-bond donors (Lipinski definition) is 1. The van der Waals surface area contributed by atoms with E-state index in [1.807, 2.05) is 0 Å². The van der Waals surface area contributed by atoms with Gasteiger partial charge >= 0.3 is 0 Å². The number of aliphatic hydroxyl groups is 1. The minimum atomic E-state index is -5.07. The van der Waals surface area contributed by atoms with Crippen LogP contribution in [0.15, 0.2) is 0 Å². The number of rotatable bonds is 8. The summed E-state index contributed by atoms with van der Waals surface area (Å²) in [6, 6.07) is 0. The lowest BCUT2D eigenvalue weighted by molar-refractivity contribution is -0.344. The van der Waals surface area contributed by atoms with Crippen molar-refractivity contribution in [1.29, 1.82) is 0 Å². The summed E-state index contributed by atoms with van der Waals surface area (Å²) in [7, 11) is -5.07. The molecule has 0 aromatic rings. The lowest BCUT2D eigenvalue weighted by Crippen LogP contribution is -2.36. The molecule has 8 heteroatoms. The minimum absolute atomic E-state index is 0.286. The highest BCUT2D eigenvalue weighted by atomic mass is 31.2. The van der Waals surface area contributed by atoms with E-state index in [1.165, 1.54) is 0 Å². The van der Waals surface area contributed by atoms with Gasteiger partial charge in [0.2, 0.25) is 0 Å². The van der Waals surface area contributed by atoms with E-state index >= 15 is 0 Å². The molecule has 0 aliphatic carbocycles. The van der Waals surface area contributed by atoms with Crippen LogP contribution >= 0.6 is 7.82 Å². The van der Waals surface area contributed by atoms with Gasteiger partial charge in [-0.25, -0.2) is 0 Å². The summed E-state index contributed by atoms with van der Waals surface area (Å²) in [5, 5.41) is 9.36. The molecule has 0 fully saturated rings. The fourth-order valence-corrected chi connectivity index (χ4v) is 1.18. The second kappa shape index (κ2) is 7.29. The van der Waals surface area contributed by atoms with Crippen LogP contribution in [0.5, 0.6) is 0 Å². The van der Waals surface area contributed by atoms with Crippen LogP contribution in [0.2, 0.25) is 0 Å². The normalized spacial score (nSPS) is 14.5. The SMILES string of the molecule is CCOC(OCC)C(O)COP(=O)([O-])[O-]. The van der Waals surface area contributed by atoms with E-state index in [0.29, 0.717) is 0 Å². The Morgan fingerprint density at radius 2 is 1.73 bits per heavy atom. The van der Waals surface area contributed by atoms with Crippen molar-refractivity contribution in [2.45, 2.75) is 26.2 Å². The Bertz CT molecular complexity index is 198. The van der Waals surface area contributed by atoms with Crippen LogP contribution in [0, 0.1) is 0 Å². The maximum Gasteiger partial charge on any atom is 0.185 e. The van der Waals surface area contributed by atoms with Crippen LogP contribution in [-0.2, 0) is 18.6 Å². The third-order valence-corrected chi connectivity index (χ3v) is 1.84. The van der Waals surface area contributed by atoms with Crippen molar-refractivity contribution in [3.05, 3.63) is 0 Å². The quantitative estimate of drug-likeness (QED) is 0.411. The summed E-state index contributed by atoms with van der Waals surface area (Å²) < 4.78 is 24.0. The predicted molar refractivity (Wildman–Crippen MR) is 46.6 cm³/mol. The highest BCUT2D eigenvalue weighted by molar-refractivity contribution is 7.43. The van der Waals surface area contributed by atoms with E-state index in [2.05, 4.69) is 4.52 Å². The first kappa shape index (κ1) is 15.0. The van der Waals surface area contributed by atoms with Gasteiger partial charge in [0.25, 0.3) is 0 Å². The van der Waals surface area contributed by atoms with Crippen molar-refractivity contribution in [2.24, 2.45) is 0 Å². The van der Waals surface area contributed by atoms with Gasteiger partial charge < -0.3 is 33.5 Å². The van der Waals surface area contributed by atoms with Crippen molar-refractivity contribution >= 4 is 7.82 Å². The van der Waals surface area contributed by atoms with Crippen LogP contribution in [0.4, 0.5) is 0 Å². The van der Waals surface area contributed by atoms with E-state index in [1.54, 1.807) is 13.8 Å². The smallest absolute Gasteiger partial charge is 0.185 e. The van der Waals surface area contributed by atoms with Crippen molar-refractivity contribution < 1.29 is 33.5 Å². The standard InChI is InChI=1S/C7H17O7P/c1-3-12-7(13-4-2)6(8)5-14-15(9,10)11/h6-8H,3-5H2,1-2H3,(H2,9,10,11)/p-2. The van der Waals surface area contributed by atoms with Gasteiger partial charge in [-0.3, -0.25) is 0 Å². The van der Waals surface area contributed by atoms with E-state index in [0.717, 1.165) is 0 Å². The number of phosphoric acid groups is 1. The van der Waals surface area contributed by atoms with Crippen LogP contribution in [0.3, 0.4) is 0 Å². The van der Waals surface area contributed by atoms with Gasteiger partial charge in [0, 0.05) is 13.2 Å². The first-order valence-corrected chi connectivity index (χ1v) is 5.94. The summed E-state index contributed by atoms with van der Waals surface area (Å²) in [6.07, 6.45) is -2.31. The highest BCUT2D eigenvalue weighted by Crippen LogP contribution is 2.25. The van der Waals surface area contributed by atoms with E-state index < -0.39 is 26.8 Å². The molecule has 0 saturated carbocycles. The third kappa shape index (κ3) is 7.87. The lowest BCUT2D eigenvalue weighted by Gasteiger charge is -2.31. The third-order valence-electron chi connectivity index (χ3n) is 1.38. The first-order valence-electron chi connectivity index (χ1n) is 4.48. The lowest BCUT2D eigenvalue weighted by atomic mass is 10.4. The molecule has 1 unspecified atom stereocenters. The van der Waals surface area contributed by atoms with E-state index in [-0.39, 0.29) is 13.2 Å². The monoisotopic (exact) mass is 242 g/mol. The van der Waals surface area contributed by atoms with Gasteiger partial charge in [0.05, 0.1) is 14.4 Å². The molecular formula is C7H15O7P-2. The Balaban J connectivity index is 4.01. The van der Waals surface area contributed by atoms with Crippen molar-refractivity contribution in [3.8, 4) is 0 Å². The van der Waals surface area contributed by atoms with Crippen molar-refractivity contribution in [2.75, 3.05) is 19.8 Å². The molecule has 1 N–H and O–H groups in total. The Hall–Kier alpha value is -0.0100. The van der Waals surface area contributed by atoms with Gasteiger partial charge in [-0.15, -0.1) is 0 Å². The van der Waals surface area contributed by atoms with Crippen LogP contribution in [-0.4, -0.2) is 37.3 Å². The largest absolute Gasteiger partial charge is 0.790 e. The number of phosphoric ester groups is 1. The zero-order valence-corrected chi connectivity index (χ0v) is 9.51. The van der Waals surface area contributed by atoms with Gasteiger partial charge in [0.15, 0.2) is 6.29 Å². The Kier molecular flexibility index (Phi) is 7.29. The Labute approximate surface area is 88.2 Å². The maximum atomic E-state index is 10.1. The molecule has 0 saturated heterocycles. The summed E-state index contributed by atoms with van der Waals surface area (Å²) in [5.74, 6) is 0. The van der Waals surface area contributed by atoms with Gasteiger partial charge in [-0.05, 0) is 13.8 Å². The fraction of sp³-hybridized carbons (Fsp3) is 1.00. The molecule has 0 radical (unpaired) electrons. The molecule has 0 amide bonds. The average molecular weight is 242 g/mol. The van der Waals surface area contributed by atoms with E-state index in [9.17, 15) is 19.5 Å². The van der Waals surface area contributed by atoms with Crippen molar-refractivity contribution in [3.63, 3.8) is 0 Å². The molecule has 1 atom stereocenters. The summed E-state index contributed by atoms with van der Waals surface area (Å²) in [5.41, 5.74) is 0. The van der Waals surface area contributed by atoms with Gasteiger partial charge in [0.1, 0.15) is 6.10 Å². The molecule has 0 rings (SSSR count). The van der Waals surface area contributed by atoms with Gasteiger partial charge in [-0.1, -0.05) is 0 Å². The van der Waals surface area contributed by atoms with Crippen LogP contribution in [0.25, 0.3) is 0 Å². The number of hydrogen-bond acceptors (Lipinski definition) is 7. The minimum Gasteiger partial charge on any atom is -0.790 e. The summed E-state index contributed by atoms with van der Waals surface area (Å²) in [6.45, 7) is 3.27. The summed E-state index contributed by atoms with van der Waals surface area (Å²) >= 11 is 0. The molecular weight excluding hydrogens is 227 g/mol. The molecule has 0 aliphatic rings. The molecule has 0 spiro atoms. The second-order valence-corrected chi connectivity index (χ2v) is 3.74. The molecule has 0 aromatic heterocycles. The van der Waals surface area contributed by atoms with Gasteiger partial charge in [-0.2, -0.15) is 0 Å². The average Bonchev–Trinajstić information content (AvgIpc) is 2.13. The van der Waals surface area contributed by atoms with Crippen molar-refractivity contribution in [1.82, 2.24) is 0 Å². The molecule has 92 valence electrons. The zero-order valence-electron chi connectivity index (χ0n) is 8.62. The van der Waals surface area contributed by atoms with E-state index in [4.69, 9.17) is 9.47 Å². The molecule has 0 bridgehead atoms. The summed E-state index contributed by atoms with van der Waals surface area (Å²) in [4.78, 5) is 20.3. The molecule has 0 heterocycles. The predicted octanol–water partition coefficient (Wildman–Crippen LogP) is -1.41. The first-order chi connectivity index (χ1) is 6.90.